The molecule has 1 aromatic heterocycles. The number of hydrogen-bond acceptors (Lipinski definition) is 0. The molecule has 0 aliphatic heterocycles. The highest BCUT2D eigenvalue weighted by Crippen LogP contribution is 2.51. The van der Waals surface area contributed by atoms with E-state index in [0.29, 0.717) is 0 Å². The van der Waals surface area contributed by atoms with Crippen molar-refractivity contribution >= 4 is 27.4 Å². The third kappa shape index (κ3) is 4.04. The van der Waals surface area contributed by atoms with E-state index in [1.165, 1.54) is 105 Å². The number of rotatable bonds is 5. The fourth-order valence-corrected chi connectivity index (χ4v) is 9.85. The minimum Gasteiger partial charge on any atom is -0.309 e. The molecule has 3 aliphatic carbocycles. The van der Waals surface area contributed by atoms with Crippen molar-refractivity contribution in [2.75, 3.05) is 0 Å². The second-order valence-electron chi connectivity index (χ2n) is 15.8. The van der Waals surface area contributed by atoms with E-state index in [1.807, 2.05) is 12.2 Å². The van der Waals surface area contributed by atoms with Gasteiger partial charge in [-0.25, -0.2) is 0 Å². The minimum atomic E-state index is -0.130. The van der Waals surface area contributed by atoms with Crippen LogP contribution in [0.1, 0.15) is 61.1 Å². The first kappa shape index (κ1) is 30.2. The molecule has 1 heterocycles. The molecule has 7 aromatic rings. The third-order valence-electron chi connectivity index (χ3n) is 12.4. The highest BCUT2D eigenvalue weighted by atomic mass is 15.0. The number of para-hydroxylation sites is 1. The SMILES string of the molecule is C=CC1=C(C=C)C(C)(C)c2cc(-c3cc4c5c6c(cc(-c7ccc8c(c7)C(C)(C)c7ccccc7-8)cc6n(-c6ccccc6)c5c3)CC4)ccc21. The van der Waals surface area contributed by atoms with Crippen LogP contribution in [0.3, 0.4) is 0 Å². The molecule has 0 bridgehead atoms. The van der Waals surface area contributed by atoms with E-state index in [9.17, 15) is 0 Å². The molecule has 0 unspecified atom stereocenters. The molecule has 1 heteroatoms. The molecule has 6 aromatic carbocycles. The summed E-state index contributed by atoms with van der Waals surface area (Å²) in [5, 5.41) is 2.81. The summed E-state index contributed by atoms with van der Waals surface area (Å²) in [6.07, 6.45) is 6.07. The smallest absolute Gasteiger partial charge is 0.0550 e. The Bertz CT molecular complexity index is 2710. The molecule has 0 saturated heterocycles. The van der Waals surface area contributed by atoms with Gasteiger partial charge >= 0.3 is 0 Å². The molecule has 246 valence electrons. The van der Waals surface area contributed by atoms with Crippen molar-refractivity contribution in [2.24, 2.45) is 0 Å². The van der Waals surface area contributed by atoms with Gasteiger partial charge in [-0.3, -0.25) is 0 Å². The summed E-state index contributed by atoms with van der Waals surface area (Å²) < 4.78 is 2.52. The summed E-state index contributed by atoms with van der Waals surface area (Å²) in [6, 6.07) is 43.9. The van der Waals surface area contributed by atoms with E-state index in [2.05, 4.69) is 161 Å². The molecular formula is C50H41N. The van der Waals surface area contributed by atoms with Gasteiger partial charge in [-0.05, 0) is 127 Å². The topological polar surface area (TPSA) is 4.93 Å². The van der Waals surface area contributed by atoms with Gasteiger partial charge in [0.2, 0.25) is 0 Å². The standard InChI is InChI=1S/C50H41N/c1-7-37-39-22-20-30(26-43(39)49(3,4)41(37)8-2)34-24-32-18-19-33-25-35(29-46-48(33)47(32)45(28-34)51(46)36-14-10-9-11-15-36)31-21-23-40-38-16-12-13-17-42(38)50(5,6)44(40)27-31/h7-17,20-29H,1-2,18-19H2,3-6H3. The maximum Gasteiger partial charge on any atom is 0.0550 e. The minimum absolute atomic E-state index is 0.0338. The number of aromatic nitrogens is 1. The molecule has 0 spiro atoms. The number of allylic oxidation sites excluding steroid dienone is 4. The van der Waals surface area contributed by atoms with Crippen LogP contribution in [0.4, 0.5) is 0 Å². The second kappa shape index (κ2) is 10.4. The fourth-order valence-electron chi connectivity index (χ4n) is 9.85. The van der Waals surface area contributed by atoms with Crippen LogP contribution in [0.15, 0.2) is 146 Å². The molecule has 3 aliphatic rings. The molecule has 0 atom stereocenters. The predicted molar refractivity (Wildman–Crippen MR) is 217 cm³/mol. The maximum absolute atomic E-state index is 4.17. The average molecular weight is 656 g/mol. The van der Waals surface area contributed by atoms with E-state index >= 15 is 0 Å². The van der Waals surface area contributed by atoms with Crippen LogP contribution < -0.4 is 0 Å². The van der Waals surface area contributed by atoms with Crippen LogP contribution in [-0.2, 0) is 23.7 Å². The van der Waals surface area contributed by atoms with Gasteiger partial charge in [-0.2, -0.15) is 0 Å². The van der Waals surface area contributed by atoms with Gasteiger partial charge in [0.15, 0.2) is 0 Å². The van der Waals surface area contributed by atoms with Crippen LogP contribution in [0, 0.1) is 0 Å². The average Bonchev–Trinajstić information content (AvgIpc) is 3.70. The third-order valence-corrected chi connectivity index (χ3v) is 12.4. The lowest BCUT2D eigenvalue weighted by molar-refractivity contribution is 0.655. The van der Waals surface area contributed by atoms with Gasteiger partial charge < -0.3 is 4.57 Å². The van der Waals surface area contributed by atoms with E-state index < -0.39 is 0 Å². The number of fused-ring (bicyclic) bond motifs is 4. The lowest BCUT2D eigenvalue weighted by Crippen LogP contribution is -2.16. The highest BCUT2D eigenvalue weighted by molar-refractivity contribution is 6.15. The van der Waals surface area contributed by atoms with Crippen LogP contribution >= 0.6 is 0 Å². The first-order chi connectivity index (χ1) is 24.7. The lowest BCUT2D eigenvalue weighted by atomic mass is 9.80. The Morgan fingerprint density at radius 3 is 1.67 bits per heavy atom. The number of nitrogens with zero attached hydrogens (tertiary/aromatic N) is 1. The zero-order chi connectivity index (χ0) is 34.8. The molecular weight excluding hydrogens is 615 g/mol. The molecule has 0 radical (unpaired) electrons. The van der Waals surface area contributed by atoms with Crippen molar-refractivity contribution in [3.63, 3.8) is 0 Å². The van der Waals surface area contributed by atoms with E-state index in [4.69, 9.17) is 0 Å². The molecule has 1 nitrogen and oxygen atoms in total. The number of aryl methyl sites for hydroxylation is 2. The van der Waals surface area contributed by atoms with Crippen molar-refractivity contribution < 1.29 is 0 Å². The largest absolute Gasteiger partial charge is 0.309 e. The van der Waals surface area contributed by atoms with Crippen molar-refractivity contribution in [3.05, 3.63) is 180 Å². The van der Waals surface area contributed by atoms with Crippen molar-refractivity contribution in [1.29, 1.82) is 0 Å². The molecule has 10 rings (SSSR count). The highest BCUT2D eigenvalue weighted by Gasteiger charge is 2.37. The number of benzene rings is 6. The van der Waals surface area contributed by atoms with E-state index in [0.717, 1.165) is 12.8 Å². The van der Waals surface area contributed by atoms with Gasteiger partial charge in [-0.1, -0.05) is 132 Å². The van der Waals surface area contributed by atoms with Gasteiger partial charge in [0.1, 0.15) is 0 Å². The van der Waals surface area contributed by atoms with Crippen LogP contribution in [0.2, 0.25) is 0 Å². The van der Waals surface area contributed by atoms with Crippen LogP contribution in [0.5, 0.6) is 0 Å². The molecule has 0 fully saturated rings. The Labute approximate surface area is 300 Å². The first-order valence-corrected chi connectivity index (χ1v) is 18.3. The first-order valence-electron chi connectivity index (χ1n) is 18.3. The summed E-state index contributed by atoms with van der Waals surface area (Å²) in [4.78, 5) is 0. The normalized spacial score (nSPS) is 16.1. The van der Waals surface area contributed by atoms with Crippen molar-refractivity contribution in [3.8, 4) is 39.1 Å². The number of hydrogen-bond donors (Lipinski definition) is 0. The Hall–Kier alpha value is -5.66. The predicted octanol–water partition coefficient (Wildman–Crippen LogP) is 12.9. The summed E-state index contributed by atoms with van der Waals surface area (Å²) in [5.74, 6) is 0. The summed E-state index contributed by atoms with van der Waals surface area (Å²) >= 11 is 0. The van der Waals surface area contributed by atoms with Crippen molar-refractivity contribution in [2.45, 2.75) is 51.4 Å². The molecule has 0 N–H and O–H groups in total. The fraction of sp³-hybridized carbons (Fsp3) is 0.160. The monoisotopic (exact) mass is 655 g/mol. The molecule has 0 amide bonds. The Morgan fingerprint density at radius 1 is 0.510 bits per heavy atom. The Balaban J connectivity index is 1.19. The lowest BCUT2D eigenvalue weighted by Gasteiger charge is -2.23. The van der Waals surface area contributed by atoms with E-state index in [-0.39, 0.29) is 10.8 Å². The van der Waals surface area contributed by atoms with Crippen molar-refractivity contribution in [1.82, 2.24) is 4.57 Å². The second-order valence-corrected chi connectivity index (χ2v) is 15.8. The zero-order valence-electron chi connectivity index (χ0n) is 29.9. The molecule has 0 saturated carbocycles. The molecule has 51 heavy (non-hydrogen) atoms. The van der Waals surface area contributed by atoms with Gasteiger partial charge in [0, 0.05) is 27.3 Å². The van der Waals surface area contributed by atoms with Crippen LogP contribution in [0.25, 0.3) is 66.4 Å². The van der Waals surface area contributed by atoms with Gasteiger partial charge in [0.25, 0.3) is 0 Å². The summed E-state index contributed by atoms with van der Waals surface area (Å²) in [5.41, 5.74) is 22.2. The van der Waals surface area contributed by atoms with Gasteiger partial charge in [-0.15, -0.1) is 0 Å². The Kier molecular flexibility index (Phi) is 6.18. The van der Waals surface area contributed by atoms with Gasteiger partial charge in [0.05, 0.1) is 11.0 Å². The quantitative estimate of drug-likeness (QED) is 0.174. The Morgan fingerprint density at radius 2 is 1.06 bits per heavy atom. The zero-order valence-corrected chi connectivity index (χ0v) is 29.9. The van der Waals surface area contributed by atoms with Crippen LogP contribution in [-0.4, -0.2) is 4.57 Å². The van der Waals surface area contributed by atoms with E-state index in [1.54, 1.807) is 0 Å². The summed E-state index contributed by atoms with van der Waals surface area (Å²) in [6.45, 7) is 17.7. The summed E-state index contributed by atoms with van der Waals surface area (Å²) in [7, 11) is 0. The maximum atomic E-state index is 4.17.